The van der Waals surface area contributed by atoms with E-state index in [1.807, 2.05) is 37.3 Å². The number of rotatable bonds is 6. The van der Waals surface area contributed by atoms with Gasteiger partial charge in [-0.25, -0.2) is 0 Å². The molecule has 0 spiro atoms. The number of aryl methyl sites for hydroxylation is 2. The minimum atomic E-state index is -0.0780. The zero-order valence-electron chi connectivity index (χ0n) is 17.9. The van der Waals surface area contributed by atoms with Crippen LogP contribution in [0.15, 0.2) is 51.2 Å². The number of aliphatic imine (C=N–C) groups is 1. The Balaban J connectivity index is 1.56. The quantitative estimate of drug-likeness (QED) is 0.528. The Bertz CT molecular complexity index is 1030. The molecular weight excluding hydrogens is 392 g/mol. The summed E-state index contributed by atoms with van der Waals surface area (Å²) >= 11 is 0. The third kappa shape index (κ3) is 4.53. The van der Waals surface area contributed by atoms with Gasteiger partial charge in [0.15, 0.2) is 11.6 Å². The number of aliphatic hydroxyl groups is 1. The molecule has 6 nitrogen and oxygen atoms in total. The van der Waals surface area contributed by atoms with Crippen molar-refractivity contribution in [1.29, 1.82) is 0 Å². The second kappa shape index (κ2) is 9.41. The number of aromatic nitrogens is 1. The van der Waals surface area contributed by atoms with E-state index in [1.165, 1.54) is 0 Å². The van der Waals surface area contributed by atoms with E-state index in [-0.39, 0.29) is 29.7 Å². The lowest BCUT2D eigenvalue weighted by atomic mass is 9.78. The molecule has 0 amide bonds. The molecule has 1 unspecified atom stereocenters. The van der Waals surface area contributed by atoms with Crippen molar-refractivity contribution in [3.63, 3.8) is 0 Å². The Labute approximate surface area is 182 Å². The Morgan fingerprint density at radius 2 is 1.97 bits per heavy atom. The third-order valence-electron chi connectivity index (χ3n) is 6.04. The molecule has 4 rings (SSSR count). The van der Waals surface area contributed by atoms with Gasteiger partial charge in [0.25, 0.3) is 0 Å². The van der Waals surface area contributed by atoms with E-state index >= 15 is 0 Å². The number of nitrogens with zero attached hydrogens (tertiary/aromatic N) is 2. The van der Waals surface area contributed by atoms with E-state index in [0.29, 0.717) is 67.0 Å². The molecule has 31 heavy (non-hydrogen) atoms. The van der Waals surface area contributed by atoms with Crippen molar-refractivity contribution < 1.29 is 19.2 Å². The Morgan fingerprint density at radius 3 is 2.74 bits per heavy atom. The molecule has 6 heteroatoms. The van der Waals surface area contributed by atoms with E-state index in [0.717, 1.165) is 18.4 Å². The van der Waals surface area contributed by atoms with Gasteiger partial charge in [-0.3, -0.25) is 14.6 Å². The fourth-order valence-electron chi connectivity index (χ4n) is 4.49. The minimum Gasteiger partial charge on any atom is -0.511 e. The van der Waals surface area contributed by atoms with Gasteiger partial charge in [0.05, 0.1) is 16.8 Å². The molecule has 162 valence electrons. The van der Waals surface area contributed by atoms with Crippen LogP contribution in [0.2, 0.25) is 0 Å². The molecule has 0 saturated heterocycles. The summed E-state index contributed by atoms with van der Waals surface area (Å²) < 4.78 is 5.33. The summed E-state index contributed by atoms with van der Waals surface area (Å²) in [6.45, 7) is 2.66. The summed E-state index contributed by atoms with van der Waals surface area (Å²) in [6.07, 6.45) is 4.44. The van der Waals surface area contributed by atoms with Gasteiger partial charge >= 0.3 is 0 Å². The first-order valence-corrected chi connectivity index (χ1v) is 11.1. The maximum atomic E-state index is 13.1. The normalized spacial score (nSPS) is 22.0. The molecule has 1 saturated carbocycles. The van der Waals surface area contributed by atoms with Gasteiger partial charge in [0.1, 0.15) is 11.5 Å². The van der Waals surface area contributed by atoms with Crippen molar-refractivity contribution in [2.45, 2.75) is 64.2 Å². The van der Waals surface area contributed by atoms with E-state index in [2.05, 4.69) is 10.1 Å². The van der Waals surface area contributed by atoms with Crippen LogP contribution in [-0.4, -0.2) is 34.1 Å². The van der Waals surface area contributed by atoms with Gasteiger partial charge in [-0.05, 0) is 30.7 Å². The molecule has 1 aromatic heterocycles. The number of carbonyl (C=O) groups excluding carboxylic acids is 2. The molecule has 1 N–H and O–H groups in total. The number of benzene rings is 1. The van der Waals surface area contributed by atoms with Gasteiger partial charge in [-0.15, -0.1) is 0 Å². The van der Waals surface area contributed by atoms with Crippen LogP contribution in [0.4, 0.5) is 0 Å². The van der Waals surface area contributed by atoms with Crippen molar-refractivity contribution in [2.75, 3.05) is 6.54 Å². The van der Waals surface area contributed by atoms with Gasteiger partial charge in [-0.1, -0.05) is 42.4 Å². The number of hydrogen-bond acceptors (Lipinski definition) is 6. The SMILES string of the molecule is CCCN=C1CC(c2ccccc2)CC(=O)C1=C(O)CCc1noc2c1C(=O)CCC2. The smallest absolute Gasteiger partial charge is 0.168 e. The topological polar surface area (TPSA) is 92.8 Å². The van der Waals surface area contributed by atoms with Crippen LogP contribution >= 0.6 is 0 Å². The molecule has 2 aliphatic rings. The lowest BCUT2D eigenvalue weighted by Crippen LogP contribution is -2.27. The molecule has 1 heterocycles. The largest absolute Gasteiger partial charge is 0.511 e. The van der Waals surface area contributed by atoms with E-state index in [1.54, 1.807) is 0 Å². The first-order chi connectivity index (χ1) is 15.1. The highest BCUT2D eigenvalue weighted by molar-refractivity contribution is 6.24. The number of ketones is 2. The molecule has 0 aliphatic heterocycles. The maximum absolute atomic E-state index is 13.1. The van der Waals surface area contributed by atoms with Crippen molar-refractivity contribution >= 4 is 17.3 Å². The lowest BCUT2D eigenvalue weighted by molar-refractivity contribution is -0.116. The summed E-state index contributed by atoms with van der Waals surface area (Å²) in [6, 6.07) is 9.99. The Kier molecular flexibility index (Phi) is 6.44. The summed E-state index contributed by atoms with van der Waals surface area (Å²) in [5, 5.41) is 14.9. The highest BCUT2D eigenvalue weighted by Gasteiger charge is 2.32. The van der Waals surface area contributed by atoms with Crippen LogP contribution in [0.5, 0.6) is 0 Å². The third-order valence-corrected chi connectivity index (χ3v) is 6.04. The molecule has 1 aromatic carbocycles. The van der Waals surface area contributed by atoms with E-state index in [4.69, 9.17) is 4.52 Å². The predicted octanol–water partition coefficient (Wildman–Crippen LogP) is 4.94. The number of aliphatic hydroxyl groups excluding tert-OH is 1. The average Bonchev–Trinajstić information content (AvgIpc) is 3.20. The average molecular weight is 421 g/mol. The monoisotopic (exact) mass is 420 g/mol. The lowest BCUT2D eigenvalue weighted by Gasteiger charge is -2.26. The zero-order valence-corrected chi connectivity index (χ0v) is 17.9. The zero-order chi connectivity index (χ0) is 21.8. The molecule has 1 atom stereocenters. The number of allylic oxidation sites excluding steroid dienone is 2. The van der Waals surface area contributed by atoms with Gasteiger partial charge < -0.3 is 9.63 Å². The van der Waals surface area contributed by atoms with E-state index in [9.17, 15) is 14.7 Å². The van der Waals surface area contributed by atoms with Crippen LogP contribution in [-0.2, 0) is 17.6 Å². The number of hydrogen-bond donors (Lipinski definition) is 1. The molecular formula is C25H28N2O4. The first kappa shape index (κ1) is 21.2. The molecule has 2 aromatic rings. The summed E-state index contributed by atoms with van der Waals surface area (Å²) in [7, 11) is 0. The summed E-state index contributed by atoms with van der Waals surface area (Å²) in [5.74, 6) is 0.718. The van der Waals surface area contributed by atoms with Crippen molar-refractivity contribution in [3.8, 4) is 0 Å². The van der Waals surface area contributed by atoms with E-state index < -0.39 is 0 Å². The van der Waals surface area contributed by atoms with Crippen LogP contribution in [0.3, 0.4) is 0 Å². The summed E-state index contributed by atoms with van der Waals surface area (Å²) in [5.41, 5.74) is 3.30. The van der Waals surface area contributed by atoms with Gasteiger partial charge in [-0.2, -0.15) is 0 Å². The Hall–Kier alpha value is -3.02. The van der Waals surface area contributed by atoms with Crippen molar-refractivity contribution in [1.82, 2.24) is 5.16 Å². The van der Waals surface area contributed by atoms with Crippen LogP contribution in [0.25, 0.3) is 0 Å². The standard InChI is InChI=1S/C25H28N2O4/c1-2-13-26-19-14-17(16-7-4-3-5-8-16)15-22(30)24(19)21(29)12-11-18-25-20(28)9-6-10-23(25)31-27-18/h3-5,7-8,17,29H,2,6,9-15H2,1H3. The minimum absolute atomic E-state index is 0.0337. The summed E-state index contributed by atoms with van der Waals surface area (Å²) in [4.78, 5) is 30.0. The van der Waals surface area contributed by atoms with Crippen LogP contribution in [0, 0.1) is 0 Å². The predicted molar refractivity (Wildman–Crippen MR) is 118 cm³/mol. The number of carbonyl (C=O) groups is 2. The highest BCUT2D eigenvalue weighted by Crippen LogP contribution is 2.34. The molecule has 2 aliphatic carbocycles. The second-order valence-corrected chi connectivity index (χ2v) is 8.29. The molecule has 1 fully saturated rings. The molecule has 0 bridgehead atoms. The fraction of sp³-hybridized carbons (Fsp3) is 0.440. The number of Topliss-reactive ketones (excluding diaryl/α,β-unsaturated/α-hetero) is 2. The maximum Gasteiger partial charge on any atom is 0.168 e. The second-order valence-electron chi connectivity index (χ2n) is 8.29. The fourth-order valence-corrected chi connectivity index (χ4v) is 4.49. The van der Waals surface area contributed by atoms with Gasteiger partial charge in [0, 0.05) is 44.4 Å². The van der Waals surface area contributed by atoms with Crippen LogP contribution in [0.1, 0.15) is 78.7 Å². The van der Waals surface area contributed by atoms with Crippen molar-refractivity contribution in [2.24, 2.45) is 4.99 Å². The van der Waals surface area contributed by atoms with Gasteiger partial charge in [0.2, 0.25) is 0 Å². The first-order valence-electron chi connectivity index (χ1n) is 11.1. The Morgan fingerprint density at radius 1 is 1.16 bits per heavy atom. The highest BCUT2D eigenvalue weighted by atomic mass is 16.5. The number of fused-ring (bicyclic) bond motifs is 1. The van der Waals surface area contributed by atoms with Crippen LogP contribution < -0.4 is 0 Å². The van der Waals surface area contributed by atoms with Crippen molar-refractivity contribution in [3.05, 3.63) is 64.2 Å². The molecule has 0 radical (unpaired) electrons.